The van der Waals surface area contributed by atoms with E-state index in [1.165, 1.54) is 0 Å². The second kappa shape index (κ2) is 6.64. The van der Waals surface area contributed by atoms with Gasteiger partial charge in [-0.2, -0.15) is 0 Å². The summed E-state index contributed by atoms with van der Waals surface area (Å²) in [6.07, 6.45) is 0. The Morgan fingerprint density at radius 2 is 1.53 bits per heavy atom. The molecule has 1 nitrogen and oxygen atoms in total. The van der Waals surface area contributed by atoms with E-state index in [4.69, 9.17) is 34.8 Å². The van der Waals surface area contributed by atoms with Crippen molar-refractivity contribution in [3.63, 3.8) is 0 Å². The summed E-state index contributed by atoms with van der Waals surface area (Å²) < 4.78 is 1.12. The van der Waals surface area contributed by atoms with Crippen LogP contribution in [0.15, 0.2) is 36.4 Å². The molecule has 0 bridgehead atoms. The van der Waals surface area contributed by atoms with E-state index in [9.17, 15) is 0 Å². The van der Waals surface area contributed by atoms with Crippen molar-refractivity contribution in [3.8, 4) is 0 Å². The van der Waals surface area contributed by atoms with Crippen LogP contribution in [0.2, 0.25) is 15.1 Å². The molecule has 0 aliphatic heterocycles. The molecule has 0 aliphatic rings. The van der Waals surface area contributed by atoms with Crippen molar-refractivity contribution in [1.82, 2.24) is 5.32 Å². The predicted octanol–water partition coefficient (Wildman–Crippen LogP) is 5.56. The molecule has 0 saturated carbocycles. The van der Waals surface area contributed by atoms with Crippen LogP contribution in [0, 0.1) is 3.57 Å². The van der Waals surface area contributed by atoms with Gasteiger partial charge in [0.2, 0.25) is 0 Å². The summed E-state index contributed by atoms with van der Waals surface area (Å²) in [6, 6.07) is 11.2. The lowest BCUT2D eigenvalue weighted by Crippen LogP contribution is -2.19. The molecule has 0 heterocycles. The average Bonchev–Trinajstić information content (AvgIpc) is 2.38. The number of benzene rings is 2. The van der Waals surface area contributed by atoms with Gasteiger partial charge in [-0.15, -0.1) is 0 Å². The normalized spacial score (nSPS) is 12.5. The second-order valence-corrected chi connectivity index (χ2v) is 6.50. The number of rotatable bonds is 3. The van der Waals surface area contributed by atoms with Gasteiger partial charge in [-0.1, -0.05) is 34.8 Å². The van der Waals surface area contributed by atoms with Crippen LogP contribution in [0.4, 0.5) is 0 Å². The van der Waals surface area contributed by atoms with Crippen LogP contribution >= 0.6 is 57.4 Å². The van der Waals surface area contributed by atoms with Crippen LogP contribution in [0.3, 0.4) is 0 Å². The highest BCUT2D eigenvalue weighted by molar-refractivity contribution is 14.1. The maximum atomic E-state index is 6.28. The molecule has 19 heavy (non-hydrogen) atoms. The summed E-state index contributed by atoms with van der Waals surface area (Å²) >= 11 is 20.7. The predicted molar refractivity (Wildman–Crippen MR) is 91.5 cm³/mol. The van der Waals surface area contributed by atoms with Crippen LogP contribution < -0.4 is 5.32 Å². The van der Waals surface area contributed by atoms with Gasteiger partial charge in [0.05, 0.1) is 6.04 Å². The molecule has 0 fully saturated rings. The van der Waals surface area contributed by atoms with Crippen LogP contribution in [-0.4, -0.2) is 7.05 Å². The minimum absolute atomic E-state index is 0.0446. The van der Waals surface area contributed by atoms with Crippen molar-refractivity contribution in [1.29, 1.82) is 0 Å². The molecular weight excluding hydrogens is 415 g/mol. The standard InChI is InChI=1S/C14H11Cl3IN/c1-19-14(10-6-8(15)2-4-12(10)17)11-7-9(16)3-5-13(11)18/h2-7,14,19H,1H3. The number of hydrogen-bond donors (Lipinski definition) is 1. The smallest absolute Gasteiger partial charge is 0.0600 e. The van der Waals surface area contributed by atoms with Gasteiger partial charge >= 0.3 is 0 Å². The molecule has 2 rings (SSSR count). The molecule has 1 atom stereocenters. The van der Waals surface area contributed by atoms with Crippen LogP contribution in [0.25, 0.3) is 0 Å². The molecule has 0 aliphatic carbocycles. The van der Waals surface area contributed by atoms with Crippen molar-refractivity contribution in [2.75, 3.05) is 7.05 Å². The number of hydrogen-bond acceptors (Lipinski definition) is 1. The van der Waals surface area contributed by atoms with Gasteiger partial charge < -0.3 is 5.32 Å². The fourth-order valence-corrected chi connectivity index (χ4v) is 3.18. The van der Waals surface area contributed by atoms with E-state index in [1.54, 1.807) is 12.1 Å². The summed E-state index contributed by atoms with van der Waals surface area (Å²) in [6.45, 7) is 0. The van der Waals surface area contributed by atoms with Crippen LogP contribution in [-0.2, 0) is 0 Å². The molecule has 0 aromatic heterocycles. The van der Waals surface area contributed by atoms with Crippen LogP contribution in [0.5, 0.6) is 0 Å². The fourth-order valence-electron chi connectivity index (χ4n) is 1.95. The molecule has 5 heteroatoms. The van der Waals surface area contributed by atoms with Gasteiger partial charge in [0.15, 0.2) is 0 Å². The van der Waals surface area contributed by atoms with Gasteiger partial charge in [0.1, 0.15) is 0 Å². The molecule has 1 unspecified atom stereocenters. The van der Waals surface area contributed by atoms with E-state index in [0.717, 1.165) is 14.7 Å². The first kappa shape index (κ1) is 15.4. The Kier molecular flexibility index (Phi) is 5.37. The zero-order valence-corrected chi connectivity index (χ0v) is 14.5. The van der Waals surface area contributed by atoms with Gasteiger partial charge in [0, 0.05) is 18.6 Å². The molecule has 0 saturated heterocycles. The maximum Gasteiger partial charge on any atom is 0.0600 e. The minimum atomic E-state index is -0.0446. The van der Waals surface area contributed by atoms with Crippen molar-refractivity contribution < 1.29 is 0 Å². The third-order valence-electron chi connectivity index (χ3n) is 2.83. The average molecular weight is 427 g/mol. The topological polar surface area (TPSA) is 12.0 Å². The van der Waals surface area contributed by atoms with Crippen molar-refractivity contribution in [2.45, 2.75) is 6.04 Å². The van der Waals surface area contributed by atoms with Crippen molar-refractivity contribution >= 4 is 57.4 Å². The van der Waals surface area contributed by atoms with E-state index >= 15 is 0 Å². The molecule has 0 spiro atoms. The quantitative estimate of drug-likeness (QED) is 0.634. The highest BCUT2D eigenvalue weighted by Gasteiger charge is 2.18. The Hall–Kier alpha value is -0.000000000000000111. The molecule has 2 aromatic rings. The van der Waals surface area contributed by atoms with Gasteiger partial charge in [0.25, 0.3) is 0 Å². The summed E-state index contributed by atoms with van der Waals surface area (Å²) in [5, 5.41) is 5.31. The largest absolute Gasteiger partial charge is 0.309 e. The van der Waals surface area contributed by atoms with Gasteiger partial charge in [-0.05, 0) is 77.2 Å². The lowest BCUT2D eigenvalue weighted by Gasteiger charge is -2.20. The van der Waals surface area contributed by atoms with E-state index in [1.807, 2.05) is 31.3 Å². The first-order valence-corrected chi connectivity index (χ1v) is 7.81. The van der Waals surface area contributed by atoms with E-state index in [2.05, 4.69) is 27.9 Å². The van der Waals surface area contributed by atoms with Gasteiger partial charge in [-0.25, -0.2) is 0 Å². The lowest BCUT2D eigenvalue weighted by molar-refractivity contribution is 0.689. The molecule has 1 N–H and O–H groups in total. The highest BCUT2D eigenvalue weighted by Crippen LogP contribution is 2.33. The van der Waals surface area contributed by atoms with Crippen molar-refractivity contribution in [2.24, 2.45) is 0 Å². The second-order valence-electron chi connectivity index (χ2n) is 4.05. The summed E-state index contributed by atoms with van der Waals surface area (Å²) in [4.78, 5) is 0. The Bertz CT molecular complexity index is 550. The maximum absolute atomic E-state index is 6.28. The zero-order valence-electron chi connectivity index (χ0n) is 10.1. The molecule has 0 amide bonds. The number of halogens is 4. The fraction of sp³-hybridized carbons (Fsp3) is 0.143. The molecule has 100 valence electrons. The lowest BCUT2D eigenvalue weighted by atomic mass is 9.99. The molecular formula is C14H11Cl3IN. The third-order valence-corrected chi connectivity index (χ3v) is 4.62. The van der Waals surface area contributed by atoms with Crippen molar-refractivity contribution in [3.05, 3.63) is 66.2 Å². The first-order chi connectivity index (χ1) is 9.02. The minimum Gasteiger partial charge on any atom is -0.309 e. The Morgan fingerprint density at radius 3 is 2.16 bits per heavy atom. The third kappa shape index (κ3) is 3.56. The molecule has 0 radical (unpaired) electrons. The van der Waals surface area contributed by atoms with E-state index in [-0.39, 0.29) is 6.04 Å². The van der Waals surface area contributed by atoms with E-state index in [0.29, 0.717) is 15.1 Å². The Balaban J connectivity index is 2.55. The van der Waals surface area contributed by atoms with Crippen LogP contribution in [0.1, 0.15) is 17.2 Å². The monoisotopic (exact) mass is 425 g/mol. The summed E-state index contributed by atoms with van der Waals surface area (Å²) in [5.41, 5.74) is 2.02. The summed E-state index contributed by atoms with van der Waals surface area (Å²) in [7, 11) is 1.89. The summed E-state index contributed by atoms with van der Waals surface area (Å²) in [5.74, 6) is 0. The van der Waals surface area contributed by atoms with E-state index < -0.39 is 0 Å². The Morgan fingerprint density at radius 1 is 0.947 bits per heavy atom. The number of nitrogens with one attached hydrogen (secondary N) is 1. The van der Waals surface area contributed by atoms with Gasteiger partial charge in [-0.3, -0.25) is 0 Å². The highest BCUT2D eigenvalue weighted by atomic mass is 127. The molecule has 2 aromatic carbocycles. The zero-order chi connectivity index (χ0) is 14.0. The Labute approximate surface area is 141 Å². The first-order valence-electron chi connectivity index (χ1n) is 5.60. The SMILES string of the molecule is CNC(c1cc(Cl)ccc1Cl)c1cc(Cl)ccc1I.